The molecule has 142 valence electrons. The number of hydrogen-bond donors (Lipinski definition) is 1. The highest BCUT2D eigenvalue weighted by Gasteiger charge is 2.23. The van der Waals surface area contributed by atoms with E-state index in [4.69, 9.17) is 14.2 Å². The maximum Gasteiger partial charge on any atom is 0.193 e. The van der Waals surface area contributed by atoms with Crippen LogP contribution < -0.4 is 5.32 Å². The lowest BCUT2D eigenvalue weighted by atomic mass is 10.1. The first-order valence-electron chi connectivity index (χ1n) is 9.09. The highest BCUT2D eigenvalue weighted by molar-refractivity contribution is 14.0. The van der Waals surface area contributed by atoms with E-state index in [2.05, 4.69) is 22.1 Å². The summed E-state index contributed by atoms with van der Waals surface area (Å²) in [5, 5.41) is 3.37. The quantitative estimate of drug-likeness (QED) is 0.276. The summed E-state index contributed by atoms with van der Waals surface area (Å²) in [6.45, 7) is 8.00. The monoisotopic (exact) mass is 455 g/mol. The summed E-state index contributed by atoms with van der Waals surface area (Å²) in [4.78, 5) is 6.95. The van der Waals surface area contributed by atoms with Crippen LogP contribution in [0.3, 0.4) is 0 Å². The van der Waals surface area contributed by atoms with Crippen molar-refractivity contribution < 1.29 is 14.2 Å². The van der Waals surface area contributed by atoms with E-state index in [9.17, 15) is 0 Å². The second-order valence-electron chi connectivity index (χ2n) is 6.24. The Morgan fingerprint density at radius 1 is 1.25 bits per heavy atom. The molecular formula is C17H34IN3O3. The van der Waals surface area contributed by atoms with Crippen molar-refractivity contribution >= 4 is 29.9 Å². The molecule has 24 heavy (non-hydrogen) atoms. The minimum Gasteiger partial charge on any atom is -0.383 e. The van der Waals surface area contributed by atoms with Crippen molar-refractivity contribution in [2.24, 2.45) is 4.99 Å². The van der Waals surface area contributed by atoms with Crippen LogP contribution in [-0.4, -0.2) is 76.2 Å². The molecule has 2 saturated heterocycles. The third-order valence-electron chi connectivity index (χ3n) is 4.43. The number of ether oxygens (including phenoxy) is 3. The number of hydrogen-bond acceptors (Lipinski definition) is 4. The zero-order chi connectivity index (χ0) is 16.3. The first-order chi connectivity index (χ1) is 11.3. The number of nitrogens with one attached hydrogen (secondary N) is 1. The number of methoxy groups -OCH3 is 1. The van der Waals surface area contributed by atoms with Gasteiger partial charge in [-0.25, -0.2) is 0 Å². The van der Waals surface area contributed by atoms with Gasteiger partial charge >= 0.3 is 0 Å². The summed E-state index contributed by atoms with van der Waals surface area (Å²) in [5.41, 5.74) is 0. The van der Waals surface area contributed by atoms with Crippen LogP contribution >= 0.6 is 24.0 Å². The Morgan fingerprint density at radius 2 is 2.04 bits per heavy atom. The number of piperidine rings is 1. The minimum atomic E-state index is 0. The predicted molar refractivity (Wildman–Crippen MR) is 107 cm³/mol. The van der Waals surface area contributed by atoms with Gasteiger partial charge in [0.15, 0.2) is 5.96 Å². The molecule has 7 heteroatoms. The molecule has 1 atom stereocenters. The molecule has 0 amide bonds. The highest BCUT2D eigenvalue weighted by atomic mass is 127. The van der Waals surface area contributed by atoms with Gasteiger partial charge < -0.3 is 24.4 Å². The lowest BCUT2D eigenvalue weighted by Gasteiger charge is -2.35. The fourth-order valence-corrected chi connectivity index (χ4v) is 3.09. The Hall–Kier alpha value is -0.120. The zero-order valence-electron chi connectivity index (χ0n) is 15.2. The van der Waals surface area contributed by atoms with Crippen LogP contribution in [0.25, 0.3) is 0 Å². The van der Waals surface area contributed by atoms with Crippen LogP contribution in [-0.2, 0) is 14.2 Å². The van der Waals surface area contributed by atoms with Gasteiger partial charge in [-0.1, -0.05) is 0 Å². The molecule has 0 aromatic rings. The van der Waals surface area contributed by atoms with Crippen LogP contribution in [0.5, 0.6) is 0 Å². The van der Waals surface area contributed by atoms with Gasteiger partial charge in [-0.05, 0) is 39.0 Å². The van der Waals surface area contributed by atoms with E-state index >= 15 is 0 Å². The maximum atomic E-state index is 6.08. The molecule has 0 spiro atoms. The SMILES string of the molecule is CCNC(=NCCOC)N1CCC(OCC2CCCCO2)CC1.I. The van der Waals surface area contributed by atoms with Gasteiger partial charge in [0.2, 0.25) is 0 Å². The molecule has 0 bridgehead atoms. The number of nitrogens with zero attached hydrogens (tertiary/aromatic N) is 2. The third-order valence-corrected chi connectivity index (χ3v) is 4.43. The number of rotatable bonds is 7. The molecule has 0 radical (unpaired) electrons. The smallest absolute Gasteiger partial charge is 0.193 e. The average Bonchev–Trinajstić information content (AvgIpc) is 2.61. The van der Waals surface area contributed by atoms with E-state index in [1.165, 1.54) is 12.8 Å². The van der Waals surface area contributed by atoms with Gasteiger partial charge in [-0.3, -0.25) is 4.99 Å². The molecule has 2 aliphatic heterocycles. The van der Waals surface area contributed by atoms with Crippen LogP contribution in [0, 0.1) is 0 Å². The normalized spacial score (nSPS) is 23.0. The van der Waals surface area contributed by atoms with E-state index < -0.39 is 0 Å². The Labute approximate surface area is 163 Å². The molecule has 2 fully saturated rings. The van der Waals surface area contributed by atoms with Gasteiger partial charge in [0, 0.05) is 33.4 Å². The molecular weight excluding hydrogens is 421 g/mol. The molecule has 2 rings (SSSR count). The summed E-state index contributed by atoms with van der Waals surface area (Å²) in [6.07, 6.45) is 6.41. The number of halogens is 1. The van der Waals surface area contributed by atoms with Crippen molar-refractivity contribution in [3.05, 3.63) is 0 Å². The largest absolute Gasteiger partial charge is 0.383 e. The molecule has 1 unspecified atom stereocenters. The molecule has 0 aromatic heterocycles. The van der Waals surface area contributed by atoms with Gasteiger partial charge in [0.05, 0.1) is 32.0 Å². The highest BCUT2D eigenvalue weighted by Crippen LogP contribution is 2.17. The van der Waals surface area contributed by atoms with Crippen LogP contribution in [0.4, 0.5) is 0 Å². The topological polar surface area (TPSA) is 55.3 Å². The Balaban J connectivity index is 0.00000288. The molecule has 0 saturated carbocycles. The fourth-order valence-electron chi connectivity index (χ4n) is 3.09. The predicted octanol–water partition coefficient (Wildman–Crippen LogP) is 2.27. The van der Waals surface area contributed by atoms with Gasteiger partial charge in [0.25, 0.3) is 0 Å². The second kappa shape index (κ2) is 13.1. The number of guanidine groups is 1. The summed E-state index contributed by atoms with van der Waals surface area (Å²) in [5.74, 6) is 0.999. The van der Waals surface area contributed by atoms with Crippen molar-refractivity contribution in [2.75, 3.05) is 53.1 Å². The van der Waals surface area contributed by atoms with E-state index in [-0.39, 0.29) is 24.0 Å². The third kappa shape index (κ3) is 7.84. The van der Waals surface area contributed by atoms with Crippen molar-refractivity contribution in [2.45, 2.75) is 51.2 Å². The Morgan fingerprint density at radius 3 is 2.67 bits per heavy atom. The summed E-state index contributed by atoms with van der Waals surface area (Å²) in [6, 6.07) is 0. The zero-order valence-corrected chi connectivity index (χ0v) is 17.5. The summed E-state index contributed by atoms with van der Waals surface area (Å²) < 4.78 is 16.9. The molecule has 2 heterocycles. The van der Waals surface area contributed by atoms with Gasteiger partial charge in [-0.15, -0.1) is 24.0 Å². The number of likely N-dealkylation sites (tertiary alicyclic amines) is 1. The average molecular weight is 455 g/mol. The molecule has 0 aliphatic carbocycles. The first-order valence-corrected chi connectivity index (χ1v) is 9.09. The van der Waals surface area contributed by atoms with E-state index in [0.29, 0.717) is 25.4 Å². The van der Waals surface area contributed by atoms with E-state index in [0.717, 1.165) is 58.1 Å². The first kappa shape index (κ1) is 21.9. The van der Waals surface area contributed by atoms with E-state index in [1.54, 1.807) is 7.11 Å². The fraction of sp³-hybridized carbons (Fsp3) is 0.941. The van der Waals surface area contributed by atoms with Crippen LogP contribution in [0.2, 0.25) is 0 Å². The molecule has 0 aromatic carbocycles. The minimum absolute atomic E-state index is 0. The summed E-state index contributed by atoms with van der Waals surface area (Å²) >= 11 is 0. The second-order valence-corrected chi connectivity index (χ2v) is 6.24. The molecule has 1 N–H and O–H groups in total. The number of aliphatic imine (C=N–C) groups is 1. The van der Waals surface area contributed by atoms with Crippen LogP contribution in [0.15, 0.2) is 4.99 Å². The lowest BCUT2D eigenvalue weighted by Crippen LogP contribution is -2.47. The molecule has 2 aliphatic rings. The maximum absolute atomic E-state index is 6.08. The standard InChI is InChI=1S/C17H33N3O3.HI/c1-3-18-17(19-9-13-21-2)20-10-7-15(8-11-20)23-14-16-6-4-5-12-22-16;/h15-16H,3-14H2,1-2H3,(H,18,19);1H. The van der Waals surface area contributed by atoms with Crippen molar-refractivity contribution in [1.82, 2.24) is 10.2 Å². The van der Waals surface area contributed by atoms with Crippen molar-refractivity contribution in [3.63, 3.8) is 0 Å². The lowest BCUT2D eigenvalue weighted by molar-refractivity contribution is -0.0721. The Bertz CT molecular complexity index is 344. The van der Waals surface area contributed by atoms with Gasteiger partial charge in [-0.2, -0.15) is 0 Å². The van der Waals surface area contributed by atoms with Crippen LogP contribution in [0.1, 0.15) is 39.0 Å². The van der Waals surface area contributed by atoms with Crippen molar-refractivity contribution in [1.29, 1.82) is 0 Å². The molecule has 6 nitrogen and oxygen atoms in total. The van der Waals surface area contributed by atoms with Gasteiger partial charge in [0.1, 0.15) is 0 Å². The van der Waals surface area contributed by atoms with Crippen molar-refractivity contribution in [3.8, 4) is 0 Å². The Kier molecular flexibility index (Phi) is 12.0. The summed E-state index contributed by atoms with van der Waals surface area (Å²) in [7, 11) is 1.71. The van der Waals surface area contributed by atoms with E-state index in [1.807, 2.05) is 0 Å².